The molecule has 2 fully saturated rings. The lowest BCUT2D eigenvalue weighted by molar-refractivity contribution is -0.134. The van der Waals surface area contributed by atoms with E-state index in [0.29, 0.717) is 38.7 Å². The van der Waals surface area contributed by atoms with Gasteiger partial charge in [0.25, 0.3) is 0 Å². The minimum absolute atomic E-state index is 0.00960. The van der Waals surface area contributed by atoms with Crippen molar-refractivity contribution in [2.45, 2.75) is 19.8 Å². The topological polar surface area (TPSA) is 99.1 Å². The third kappa shape index (κ3) is 6.86. The first-order chi connectivity index (χ1) is 19.5. The number of rotatable bonds is 7. The molecule has 0 unspecified atom stereocenters. The number of piperazine rings is 1. The average molecular weight is 560 g/mol. The molecule has 5 rings (SSSR count). The second-order valence-corrected chi connectivity index (χ2v) is 10.8. The second kappa shape index (κ2) is 13.0. The van der Waals surface area contributed by atoms with E-state index < -0.39 is 0 Å². The Balaban J connectivity index is 1.26. The number of carbonyl (C=O) groups excluding carboxylic acids is 2. The molecule has 0 spiro atoms. The lowest BCUT2D eigenvalue weighted by Gasteiger charge is -2.33. The van der Waals surface area contributed by atoms with Crippen LogP contribution in [-0.4, -0.2) is 95.6 Å². The molecular weight excluding hydrogens is 526 g/mol. The van der Waals surface area contributed by atoms with Gasteiger partial charge in [0, 0.05) is 57.7 Å². The largest absolute Gasteiger partial charge is 0.508 e. The van der Waals surface area contributed by atoms with Crippen molar-refractivity contribution in [3.8, 4) is 29.0 Å². The number of nitrogens with zero attached hydrogens (tertiary/aromatic N) is 5. The van der Waals surface area contributed by atoms with E-state index in [1.807, 2.05) is 17.0 Å². The van der Waals surface area contributed by atoms with Crippen LogP contribution < -0.4 is 4.90 Å². The number of benzene rings is 1. The number of hydrogen-bond donors (Lipinski definition) is 1. The van der Waals surface area contributed by atoms with Gasteiger partial charge in [-0.2, -0.15) is 0 Å². The summed E-state index contributed by atoms with van der Waals surface area (Å²) < 4.78 is 6.55. The summed E-state index contributed by atoms with van der Waals surface area (Å²) in [5.41, 5.74) is 1.60. The molecule has 3 aromatic rings. The number of phenolic OH excluding ortho intramolecular Hbond substituents is 1. The number of allylic oxidation sites excluding steroid dienone is 2. The maximum atomic E-state index is 12.4. The SMILES string of the molecule is C/C=C/C(=O)CCC(=O)N1CCN(CC#Cc2cc3nc(-c4cccc(O)c4)nc(N4CCOCC4)c3s2)CC1. The van der Waals surface area contributed by atoms with E-state index in [1.165, 1.54) is 6.08 Å². The Morgan fingerprint density at radius 3 is 2.62 bits per heavy atom. The minimum atomic E-state index is -0.00960. The van der Waals surface area contributed by atoms with Gasteiger partial charge in [0.1, 0.15) is 5.75 Å². The Hall–Kier alpha value is -3.78. The Morgan fingerprint density at radius 2 is 1.88 bits per heavy atom. The van der Waals surface area contributed by atoms with Gasteiger partial charge in [0.05, 0.1) is 34.9 Å². The number of fused-ring (bicyclic) bond motifs is 1. The Kier molecular flexibility index (Phi) is 9.06. The standard InChI is InChI=1S/C30H33N5O4S/c1-2-5-23(36)9-10-27(38)34-14-12-33(13-15-34)11-4-8-25-21-26-28(40-25)30(35-16-18-39-19-17-35)32-29(31-26)22-6-3-7-24(37)20-22/h2-3,5-7,20-21,37H,9-19H2,1H3/b5-2+. The van der Waals surface area contributed by atoms with Gasteiger partial charge in [-0.1, -0.05) is 30.0 Å². The molecule has 1 aromatic carbocycles. The highest BCUT2D eigenvalue weighted by Gasteiger charge is 2.22. The molecule has 40 heavy (non-hydrogen) atoms. The van der Waals surface area contributed by atoms with Crippen molar-refractivity contribution >= 4 is 39.1 Å². The van der Waals surface area contributed by atoms with Crippen molar-refractivity contribution in [1.82, 2.24) is 19.8 Å². The summed E-state index contributed by atoms with van der Waals surface area (Å²) >= 11 is 1.59. The van der Waals surface area contributed by atoms with E-state index in [9.17, 15) is 14.7 Å². The van der Waals surface area contributed by atoms with Crippen molar-refractivity contribution in [3.63, 3.8) is 0 Å². The summed E-state index contributed by atoms with van der Waals surface area (Å²) in [6.07, 6.45) is 3.75. The van der Waals surface area contributed by atoms with Crippen LogP contribution in [0, 0.1) is 11.8 Å². The molecule has 2 saturated heterocycles. The number of ether oxygens (including phenoxy) is 1. The normalized spacial score (nSPS) is 16.3. The number of anilines is 1. The monoisotopic (exact) mass is 559 g/mol. The Morgan fingerprint density at radius 1 is 1.07 bits per heavy atom. The molecule has 1 N–H and O–H groups in total. The quantitative estimate of drug-likeness (QED) is 0.348. The molecule has 2 aliphatic heterocycles. The van der Waals surface area contributed by atoms with Gasteiger partial charge in [-0.3, -0.25) is 14.5 Å². The molecule has 0 bridgehead atoms. The molecule has 2 aromatic heterocycles. The van der Waals surface area contributed by atoms with Crippen molar-refractivity contribution < 1.29 is 19.4 Å². The van der Waals surface area contributed by atoms with Crippen LogP contribution in [0.1, 0.15) is 24.6 Å². The molecular formula is C30H33N5O4S. The second-order valence-electron chi connectivity index (χ2n) is 9.77. The number of amides is 1. The summed E-state index contributed by atoms with van der Waals surface area (Å²) in [6.45, 7) is 8.05. The van der Waals surface area contributed by atoms with Gasteiger partial charge in [-0.15, -0.1) is 11.3 Å². The number of thiophene rings is 1. The third-order valence-electron chi connectivity index (χ3n) is 6.95. The zero-order valence-corrected chi connectivity index (χ0v) is 23.5. The summed E-state index contributed by atoms with van der Waals surface area (Å²) in [7, 11) is 0. The van der Waals surface area contributed by atoms with Gasteiger partial charge < -0.3 is 19.6 Å². The average Bonchev–Trinajstić information content (AvgIpc) is 3.39. The third-order valence-corrected chi connectivity index (χ3v) is 7.98. The fraction of sp³-hybridized carbons (Fsp3) is 0.400. The molecule has 4 heterocycles. The number of aromatic nitrogens is 2. The van der Waals surface area contributed by atoms with E-state index in [2.05, 4.69) is 21.6 Å². The molecule has 0 aliphatic carbocycles. The molecule has 0 radical (unpaired) electrons. The molecule has 9 nitrogen and oxygen atoms in total. The van der Waals surface area contributed by atoms with E-state index in [0.717, 1.165) is 52.7 Å². The van der Waals surface area contributed by atoms with Gasteiger partial charge in [-0.05, 0) is 31.2 Å². The number of hydrogen-bond acceptors (Lipinski definition) is 9. The van der Waals surface area contributed by atoms with E-state index >= 15 is 0 Å². The van der Waals surface area contributed by atoms with Crippen LogP contribution in [0.2, 0.25) is 0 Å². The van der Waals surface area contributed by atoms with Crippen molar-refractivity contribution in [1.29, 1.82) is 0 Å². The van der Waals surface area contributed by atoms with E-state index in [1.54, 1.807) is 42.5 Å². The van der Waals surface area contributed by atoms with Gasteiger partial charge >= 0.3 is 0 Å². The first-order valence-electron chi connectivity index (χ1n) is 13.6. The number of aromatic hydroxyl groups is 1. The molecule has 1 amide bonds. The zero-order chi connectivity index (χ0) is 27.9. The molecule has 0 saturated carbocycles. The highest BCUT2D eigenvalue weighted by Crippen LogP contribution is 2.34. The predicted octanol–water partition coefficient (Wildman–Crippen LogP) is 3.32. The Labute approximate surface area is 238 Å². The fourth-order valence-corrected chi connectivity index (χ4v) is 5.78. The molecule has 10 heteroatoms. The summed E-state index contributed by atoms with van der Waals surface area (Å²) in [5.74, 6) is 8.26. The van der Waals surface area contributed by atoms with Gasteiger partial charge in [0.15, 0.2) is 17.4 Å². The molecule has 208 valence electrons. The smallest absolute Gasteiger partial charge is 0.223 e. The number of carbonyl (C=O) groups is 2. The van der Waals surface area contributed by atoms with Crippen LogP contribution in [0.3, 0.4) is 0 Å². The van der Waals surface area contributed by atoms with E-state index in [4.69, 9.17) is 14.7 Å². The molecule has 0 atom stereocenters. The van der Waals surface area contributed by atoms with Crippen LogP contribution >= 0.6 is 11.3 Å². The maximum absolute atomic E-state index is 12.4. The zero-order valence-electron chi connectivity index (χ0n) is 22.6. The van der Waals surface area contributed by atoms with E-state index in [-0.39, 0.29) is 30.3 Å². The van der Waals surface area contributed by atoms with Crippen molar-refractivity contribution in [2.24, 2.45) is 0 Å². The highest BCUT2D eigenvalue weighted by atomic mass is 32.1. The first-order valence-corrected chi connectivity index (χ1v) is 14.4. The highest BCUT2D eigenvalue weighted by molar-refractivity contribution is 7.20. The number of ketones is 1. The Bertz CT molecular complexity index is 1460. The number of morpholine rings is 1. The van der Waals surface area contributed by atoms with Crippen LogP contribution in [0.5, 0.6) is 5.75 Å². The maximum Gasteiger partial charge on any atom is 0.223 e. The van der Waals surface area contributed by atoms with Gasteiger partial charge in [0.2, 0.25) is 5.91 Å². The minimum Gasteiger partial charge on any atom is -0.508 e. The first kappa shape index (κ1) is 27.8. The molecule has 2 aliphatic rings. The van der Waals surface area contributed by atoms with Crippen molar-refractivity contribution in [2.75, 3.05) is 63.9 Å². The fourth-order valence-electron chi connectivity index (χ4n) is 4.79. The van der Waals surface area contributed by atoms with Gasteiger partial charge in [-0.25, -0.2) is 9.97 Å². The van der Waals surface area contributed by atoms with Crippen molar-refractivity contribution in [3.05, 3.63) is 47.4 Å². The predicted molar refractivity (Wildman–Crippen MR) is 157 cm³/mol. The van der Waals surface area contributed by atoms with Crippen LogP contribution in [0.25, 0.3) is 21.6 Å². The summed E-state index contributed by atoms with van der Waals surface area (Å²) in [6, 6.07) is 9.01. The summed E-state index contributed by atoms with van der Waals surface area (Å²) in [4.78, 5) is 41.1. The number of phenols is 1. The van der Waals surface area contributed by atoms with Crippen LogP contribution in [0.4, 0.5) is 5.82 Å². The van der Waals surface area contributed by atoms with Crippen LogP contribution in [-0.2, 0) is 14.3 Å². The summed E-state index contributed by atoms with van der Waals surface area (Å²) in [5, 5.41) is 9.98. The lowest BCUT2D eigenvalue weighted by atomic mass is 10.2. The van der Waals surface area contributed by atoms with Crippen LogP contribution in [0.15, 0.2) is 42.5 Å². The lowest BCUT2D eigenvalue weighted by Crippen LogP contribution is -2.48.